The summed E-state index contributed by atoms with van der Waals surface area (Å²) in [6, 6.07) is 20.7. The van der Waals surface area contributed by atoms with Crippen molar-refractivity contribution in [2.75, 3.05) is 5.32 Å². The van der Waals surface area contributed by atoms with Crippen molar-refractivity contribution in [1.29, 1.82) is 0 Å². The predicted molar refractivity (Wildman–Crippen MR) is 119 cm³/mol. The Kier molecular flexibility index (Phi) is 6.21. The molecule has 0 aliphatic carbocycles. The van der Waals surface area contributed by atoms with E-state index in [-0.39, 0.29) is 5.91 Å². The first kappa shape index (κ1) is 20.3. The number of hydrogen-bond acceptors (Lipinski definition) is 5. The molecule has 2 aromatic carbocycles. The highest BCUT2D eigenvalue weighted by Gasteiger charge is 2.22. The lowest BCUT2D eigenvalue weighted by atomic mass is 10.2. The van der Waals surface area contributed by atoms with Gasteiger partial charge in [0.25, 0.3) is 0 Å². The van der Waals surface area contributed by atoms with Gasteiger partial charge < -0.3 is 9.73 Å². The number of thioether (sulfide) groups is 1. The maximum Gasteiger partial charge on any atom is 0.237 e. The van der Waals surface area contributed by atoms with Crippen molar-refractivity contribution in [1.82, 2.24) is 14.8 Å². The van der Waals surface area contributed by atoms with Crippen LogP contribution in [-0.4, -0.2) is 25.9 Å². The van der Waals surface area contributed by atoms with Crippen LogP contribution in [0.1, 0.15) is 12.5 Å². The summed E-state index contributed by atoms with van der Waals surface area (Å²) in [4.78, 5) is 12.7. The number of nitrogens with zero attached hydrogens (tertiary/aromatic N) is 3. The third-order valence-electron chi connectivity index (χ3n) is 4.39. The fourth-order valence-electron chi connectivity index (χ4n) is 2.89. The van der Waals surface area contributed by atoms with Crippen LogP contribution in [0.15, 0.2) is 82.6 Å². The van der Waals surface area contributed by atoms with Crippen LogP contribution in [0.2, 0.25) is 5.02 Å². The molecule has 152 valence electrons. The minimum absolute atomic E-state index is 0.143. The largest absolute Gasteiger partial charge is 0.461 e. The lowest BCUT2D eigenvalue weighted by Gasteiger charge is -2.13. The molecule has 1 atom stereocenters. The second-order valence-corrected chi connectivity index (χ2v) is 8.36. The third-order valence-corrected chi connectivity index (χ3v) is 5.70. The Morgan fingerprint density at radius 2 is 1.97 bits per heavy atom. The van der Waals surface area contributed by atoms with E-state index in [1.54, 1.807) is 30.5 Å². The van der Waals surface area contributed by atoms with E-state index in [1.165, 1.54) is 11.8 Å². The number of furan rings is 1. The van der Waals surface area contributed by atoms with Gasteiger partial charge in [0, 0.05) is 10.7 Å². The Balaban J connectivity index is 1.56. The molecule has 0 saturated carbocycles. The summed E-state index contributed by atoms with van der Waals surface area (Å²) in [5, 5.41) is 12.3. The Labute approximate surface area is 183 Å². The molecule has 1 amide bonds. The van der Waals surface area contributed by atoms with Crippen LogP contribution < -0.4 is 5.32 Å². The summed E-state index contributed by atoms with van der Waals surface area (Å²) in [5.74, 6) is 1.10. The molecule has 0 spiro atoms. The molecular formula is C22H19ClN4O2S. The predicted octanol–water partition coefficient (Wildman–Crippen LogP) is 5.36. The highest BCUT2D eigenvalue weighted by molar-refractivity contribution is 8.00. The zero-order valence-corrected chi connectivity index (χ0v) is 17.7. The number of aromatic nitrogens is 3. The topological polar surface area (TPSA) is 73.0 Å². The molecule has 1 unspecified atom stereocenters. The third kappa shape index (κ3) is 4.75. The van der Waals surface area contributed by atoms with Gasteiger partial charge in [-0.2, -0.15) is 0 Å². The molecule has 8 heteroatoms. The quantitative estimate of drug-likeness (QED) is 0.393. The maximum absolute atomic E-state index is 12.7. The van der Waals surface area contributed by atoms with Crippen molar-refractivity contribution in [3.05, 3.63) is 83.6 Å². The normalized spacial score (nSPS) is 11.9. The molecule has 2 heterocycles. The van der Waals surface area contributed by atoms with Gasteiger partial charge in [0.1, 0.15) is 0 Å². The minimum atomic E-state index is -0.396. The summed E-state index contributed by atoms with van der Waals surface area (Å²) in [5.41, 5.74) is 1.75. The summed E-state index contributed by atoms with van der Waals surface area (Å²) in [7, 11) is 0. The van der Waals surface area contributed by atoms with Crippen molar-refractivity contribution >= 4 is 35.0 Å². The first-order valence-electron chi connectivity index (χ1n) is 9.34. The molecule has 0 saturated heterocycles. The van der Waals surface area contributed by atoms with Gasteiger partial charge in [-0.1, -0.05) is 59.8 Å². The van der Waals surface area contributed by atoms with E-state index >= 15 is 0 Å². The van der Waals surface area contributed by atoms with Crippen molar-refractivity contribution in [2.24, 2.45) is 0 Å². The monoisotopic (exact) mass is 438 g/mol. The van der Waals surface area contributed by atoms with Gasteiger partial charge in [0.05, 0.1) is 18.1 Å². The standard InChI is InChI=1S/C22H19ClN4O2S/c1-15(21(28)24-18-10-5-9-17(23)13-18)30-22-26-25-20(19-11-6-12-29-19)27(22)14-16-7-3-2-4-8-16/h2-13,15H,14H2,1H3,(H,24,28). The molecule has 0 aliphatic rings. The highest BCUT2D eigenvalue weighted by Crippen LogP contribution is 2.28. The minimum Gasteiger partial charge on any atom is -0.461 e. The number of halogens is 1. The van der Waals surface area contributed by atoms with E-state index in [2.05, 4.69) is 15.5 Å². The smallest absolute Gasteiger partial charge is 0.237 e. The molecule has 30 heavy (non-hydrogen) atoms. The van der Waals surface area contributed by atoms with Gasteiger partial charge in [0.2, 0.25) is 11.7 Å². The van der Waals surface area contributed by atoms with Gasteiger partial charge in [-0.3, -0.25) is 9.36 Å². The Hall–Kier alpha value is -3.03. The number of carbonyl (C=O) groups excluding carboxylic acids is 1. The second kappa shape index (κ2) is 9.19. The first-order chi connectivity index (χ1) is 14.6. The maximum atomic E-state index is 12.7. The average Bonchev–Trinajstić information content (AvgIpc) is 3.39. The summed E-state index contributed by atoms with van der Waals surface area (Å²) < 4.78 is 7.49. The number of carbonyl (C=O) groups is 1. The van der Waals surface area contributed by atoms with E-state index in [4.69, 9.17) is 16.0 Å². The van der Waals surface area contributed by atoms with E-state index < -0.39 is 5.25 Å². The van der Waals surface area contributed by atoms with Crippen molar-refractivity contribution in [2.45, 2.75) is 23.9 Å². The lowest BCUT2D eigenvalue weighted by molar-refractivity contribution is -0.115. The van der Waals surface area contributed by atoms with E-state index in [0.717, 1.165) is 5.56 Å². The molecule has 2 aromatic heterocycles. The highest BCUT2D eigenvalue weighted by atomic mass is 35.5. The number of hydrogen-bond donors (Lipinski definition) is 1. The van der Waals surface area contributed by atoms with Crippen LogP contribution in [0.5, 0.6) is 0 Å². The molecule has 6 nitrogen and oxygen atoms in total. The van der Waals surface area contributed by atoms with E-state index in [1.807, 2.05) is 54.0 Å². The molecule has 0 bridgehead atoms. The van der Waals surface area contributed by atoms with Gasteiger partial charge in [-0.05, 0) is 42.8 Å². The second-order valence-electron chi connectivity index (χ2n) is 6.61. The fourth-order valence-corrected chi connectivity index (χ4v) is 3.93. The van der Waals surface area contributed by atoms with Gasteiger partial charge >= 0.3 is 0 Å². The Bertz CT molecular complexity index is 1130. The van der Waals surface area contributed by atoms with Crippen LogP contribution in [0, 0.1) is 0 Å². The number of anilines is 1. The molecular weight excluding hydrogens is 420 g/mol. The number of nitrogens with one attached hydrogen (secondary N) is 1. The molecule has 0 fully saturated rings. The summed E-state index contributed by atoms with van der Waals surface area (Å²) in [6.07, 6.45) is 1.60. The number of rotatable bonds is 7. The van der Waals surface area contributed by atoms with Gasteiger partial charge in [-0.15, -0.1) is 10.2 Å². The van der Waals surface area contributed by atoms with Crippen molar-refractivity contribution in [3.63, 3.8) is 0 Å². The molecule has 0 radical (unpaired) electrons. The van der Waals surface area contributed by atoms with Crippen LogP contribution in [0.3, 0.4) is 0 Å². The zero-order chi connectivity index (χ0) is 20.9. The van der Waals surface area contributed by atoms with Crippen LogP contribution in [0.4, 0.5) is 5.69 Å². The van der Waals surface area contributed by atoms with Crippen molar-refractivity contribution in [3.8, 4) is 11.6 Å². The number of amides is 1. The molecule has 0 aliphatic heterocycles. The van der Waals surface area contributed by atoms with E-state index in [9.17, 15) is 4.79 Å². The number of benzene rings is 2. The van der Waals surface area contributed by atoms with Gasteiger partial charge in [-0.25, -0.2) is 0 Å². The van der Waals surface area contributed by atoms with Crippen LogP contribution >= 0.6 is 23.4 Å². The SMILES string of the molecule is CC(Sc1nnc(-c2ccco2)n1Cc1ccccc1)C(=O)Nc1cccc(Cl)c1. The van der Waals surface area contributed by atoms with E-state index in [0.29, 0.717) is 34.0 Å². The fraction of sp³-hybridized carbons (Fsp3) is 0.136. The lowest BCUT2D eigenvalue weighted by Crippen LogP contribution is -2.23. The Morgan fingerprint density at radius 3 is 2.70 bits per heavy atom. The van der Waals surface area contributed by atoms with Crippen LogP contribution in [-0.2, 0) is 11.3 Å². The summed E-state index contributed by atoms with van der Waals surface area (Å²) in [6.45, 7) is 2.40. The summed E-state index contributed by atoms with van der Waals surface area (Å²) >= 11 is 7.34. The van der Waals surface area contributed by atoms with Gasteiger partial charge in [0.15, 0.2) is 10.9 Å². The zero-order valence-electron chi connectivity index (χ0n) is 16.2. The molecule has 4 aromatic rings. The average molecular weight is 439 g/mol. The van der Waals surface area contributed by atoms with Crippen LogP contribution in [0.25, 0.3) is 11.6 Å². The first-order valence-corrected chi connectivity index (χ1v) is 10.6. The van der Waals surface area contributed by atoms with Crippen molar-refractivity contribution < 1.29 is 9.21 Å². The molecule has 4 rings (SSSR count). The Morgan fingerprint density at radius 1 is 1.13 bits per heavy atom. The molecule has 1 N–H and O–H groups in total.